The van der Waals surface area contributed by atoms with Gasteiger partial charge in [-0.25, -0.2) is 9.97 Å². The monoisotopic (exact) mass is 353 g/mol. The maximum Gasteiger partial charge on any atom is 0.142 e. The van der Waals surface area contributed by atoms with Crippen LogP contribution in [0.2, 0.25) is 0 Å². The summed E-state index contributed by atoms with van der Waals surface area (Å²) in [6, 6.07) is 8.72. The minimum Gasteiger partial charge on any atom is -0.369 e. The zero-order valence-electron chi connectivity index (χ0n) is 14.7. The molecule has 0 unspecified atom stereocenters. The molecule has 0 radical (unpaired) electrons. The number of rotatable bonds is 4. The normalized spacial score (nSPS) is 15.7. The van der Waals surface area contributed by atoms with Crippen LogP contribution in [0.5, 0.6) is 0 Å². The van der Waals surface area contributed by atoms with E-state index in [0.717, 1.165) is 54.4 Å². The standard InChI is InChI=1S/C19H23N5S/c1-3-23-7-9-24(10-8-23)15-4-5-17(14(2)12-15)22-18-16-6-11-25-19(16)21-13-20-18/h4-6,11-13H,3,7-10H2,1-2H3,(H,20,21,22). The van der Waals surface area contributed by atoms with Crippen molar-refractivity contribution in [1.82, 2.24) is 14.9 Å². The summed E-state index contributed by atoms with van der Waals surface area (Å²) in [5, 5.41) is 6.60. The highest BCUT2D eigenvalue weighted by Gasteiger charge is 2.16. The molecule has 0 amide bonds. The highest BCUT2D eigenvalue weighted by Crippen LogP contribution is 2.29. The van der Waals surface area contributed by atoms with Crippen LogP contribution in [0.4, 0.5) is 17.2 Å². The first-order chi connectivity index (χ1) is 12.2. The van der Waals surface area contributed by atoms with E-state index < -0.39 is 0 Å². The molecule has 0 atom stereocenters. The third-order valence-corrected chi connectivity index (χ3v) is 5.73. The minimum absolute atomic E-state index is 0.874. The molecule has 25 heavy (non-hydrogen) atoms. The maximum atomic E-state index is 4.41. The summed E-state index contributed by atoms with van der Waals surface area (Å²) in [5.41, 5.74) is 3.64. The fourth-order valence-corrected chi connectivity index (χ4v) is 4.06. The van der Waals surface area contributed by atoms with Crippen molar-refractivity contribution in [2.75, 3.05) is 42.9 Å². The Balaban J connectivity index is 1.53. The highest BCUT2D eigenvalue weighted by atomic mass is 32.1. The number of aryl methyl sites for hydroxylation is 1. The van der Waals surface area contributed by atoms with Crippen molar-refractivity contribution in [2.24, 2.45) is 0 Å². The van der Waals surface area contributed by atoms with Crippen molar-refractivity contribution in [2.45, 2.75) is 13.8 Å². The largest absolute Gasteiger partial charge is 0.369 e. The van der Waals surface area contributed by atoms with Crippen LogP contribution in [0.3, 0.4) is 0 Å². The molecule has 0 spiro atoms. The van der Waals surface area contributed by atoms with Gasteiger partial charge >= 0.3 is 0 Å². The Bertz CT molecular complexity index is 867. The van der Waals surface area contributed by atoms with Gasteiger partial charge in [0.15, 0.2) is 0 Å². The molecule has 1 aliphatic heterocycles. The number of piperazine rings is 1. The lowest BCUT2D eigenvalue weighted by Gasteiger charge is -2.35. The van der Waals surface area contributed by atoms with E-state index in [2.05, 4.69) is 68.6 Å². The van der Waals surface area contributed by atoms with Crippen molar-refractivity contribution in [1.29, 1.82) is 0 Å². The summed E-state index contributed by atoms with van der Waals surface area (Å²) in [4.78, 5) is 14.7. The Labute approximate surface area is 152 Å². The van der Waals surface area contributed by atoms with Crippen LogP contribution < -0.4 is 10.2 Å². The third-order valence-electron chi connectivity index (χ3n) is 4.91. The number of thiophene rings is 1. The smallest absolute Gasteiger partial charge is 0.142 e. The molecule has 3 heterocycles. The van der Waals surface area contributed by atoms with Crippen LogP contribution in [-0.4, -0.2) is 47.6 Å². The Morgan fingerprint density at radius 3 is 2.72 bits per heavy atom. The fourth-order valence-electron chi connectivity index (χ4n) is 3.32. The van der Waals surface area contributed by atoms with E-state index in [1.165, 1.54) is 11.3 Å². The van der Waals surface area contributed by atoms with Crippen molar-refractivity contribution in [3.63, 3.8) is 0 Å². The number of likely N-dealkylation sites (N-methyl/N-ethyl adjacent to an activating group) is 1. The lowest BCUT2D eigenvalue weighted by Crippen LogP contribution is -2.46. The van der Waals surface area contributed by atoms with Crippen molar-refractivity contribution >= 4 is 38.7 Å². The lowest BCUT2D eigenvalue weighted by molar-refractivity contribution is 0.271. The van der Waals surface area contributed by atoms with E-state index >= 15 is 0 Å². The van der Waals surface area contributed by atoms with E-state index in [4.69, 9.17) is 0 Å². The Kier molecular flexibility index (Phi) is 4.55. The predicted octanol–water partition coefficient (Wildman–Crippen LogP) is 3.89. The predicted molar refractivity (Wildman–Crippen MR) is 106 cm³/mol. The molecule has 1 fully saturated rings. The third kappa shape index (κ3) is 3.32. The molecule has 0 aliphatic carbocycles. The quantitative estimate of drug-likeness (QED) is 0.771. The number of benzene rings is 1. The SMILES string of the molecule is CCN1CCN(c2ccc(Nc3ncnc4sccc34)c(C)c2)CC1. The van der Waals surface area contributed by atoms with Gasteiger partial charge in [-0.05, 0) is 48.7 Å². The number of nitrogens with one attached hydrogen (secondary N) is 1. The lowest BCUT2D eigenvalue weighted by atomic mass is 10.1. The number of hydrogen-bond donors (Lipinski definition) is 1. The molecular formula is C19H23N5S. The van der Waals surface area contributed by atoms with Crippen LogP contribution in [0, 0.1) is 6.92 Å². The summed E-state index contributed by atoms with van der Waals surface area (Å²) < 4.78 is 0. The first kappa shape index (κ1) is 16.3. The van der Waals surface area contributed by atoms with Gasteiger partial charge in [0, 0.05) is 37.6 Å². The van der Waals surface area contributed by atoms with Crippen LogP contribution in [0.25, 0.3) is 10.2 Å². The first-order valence-electron chi connectivity index (χ1n) is 8.78. The summed E-state index contributed by atoms with van der Waals surface area (Å²) in [6.45, 7) is 10.0. The summed E-state index contributed by atoms with van der Waals surface area (Å²) in [5.74, 6) is 0.874. The molecule has 5 nitrogen and oxygen atoms in total. The number of fused-ring (bicyclic) bond motifs is 1. The van der Waals surface area contributed by atoms with Gasteiger partial charge in [0.05, 0.1) is 5.39 Å². The van der Waals surface area contributed by atoms with E-state index in [9.17, 15) is 0 Å². The van der Waals surface area contributed by atoms with Gasteiger partial charge in [-0.2, -0.15) is 0 Å². The van der Waals surface area contributed by atoms with E-state index in [-0.39, 0.29) is 0 Å². The molecule has 1 N–H and O–H groups in total. The summed E-state index contributed by atoms with van der Waals surface area (Å²) in [7, 11) is 0. The molecule has 4 rings (SSSR count). The Morgan fingerprint density at radius 2 is 1.96 bits per heavy atom. The van der Waals surface area contributed by atoms with Gasteiger partial charge in [0.1, 0.15) is 17.0 Å². The van der Waals surface area contributed by atoms with Crippen molar-refractivity contribution in [3.8, 4) is 0 Å². The number of hydrogen-bond acceptors (Lipinski definition) is 6. The highest BCUT2D eigenvalue weighted by molar-refractivity contribution is 7.16. The van der Waals surface area contributed by atoms with Crippen LogP contribution >= 0.6 is 11.3 Å². The molecule has 1 aliphatic rings. The molecule has 2 aromatic heterocycles. The average Bonchev–Trinajstić information content (AvgIpc) is 3.13. The van der Waals surface area contributed by atoms with Crippen molar-refractivity contribution < 1.29 is 0 Å². The number of aromatic nitrogens is 2. The molecule has 3 aromatic rings. The zero-order valence-corrected chi connectivity index (χ0v) is 15.5. The van der Waals surface area contributed by atoms with Crippen LogP contribution in [0.1, 0.15) is 12.5 Å². The van der Waals surface area contributed by atoms with Gasteiger partial charge in [-0.15, -0.1) is 11.3 Å². The fraction of sp³-hybridized carbons (Fsp3) is 0.368. The zero-order chi connectivity index (χ0) is 17.2. The molecule has 0 bridgehead atoms. The van der Waals surface area contributed by atoms with Crippen LogP contribution in [0.15, 0.2) is 36.0 Å². The maximum absolute atomic E-state index is 4.41. The molecular weight excluding hydrogens is 330 g/mol. The van der Waals surface area contributed by atoms with Gasteiger partial charge in [0.2, 0.25) is 0 Å². The summed E-state index contributed by atoms with van der Waals surface area (Å²) in [6.07, 6.45) is 1.62. The van der Waals surface area contributed by atoms with E-state index in [1.54, 1.807) is 17.7 Å². The van der Waals surface area contributed by atoms with Crippen LogP contribution in [-0.2, 0) is 0 Å². The number of nitrogens with zero attached hydrogens (tertiary/aromatic N) is 4. The van der Waals surface area contributed by atoms with Crippen molar-refractivity contribution in [3.05, 3.63) is 41.5 Å². The van der Waals surface area contributed by atoms with Gasteiger partial charge < -0.3 is 15.1 Å². The minimum atomic E-state index is 0.874. The molecule has 1 aromatic carbocycles. The Hall–Kier alpha value is -2.18. The van der Waals surface area contributed by atoms with Gasteiger partial charge in [-0.1, -0.05) is 6.92 Å². The first-order valence-corrected chi connectivity index (χ1v) is 9.65. The topological polar surface area (TPSA) is 44.3 Å². The second kappa shape index (κ2) is 6.98. The van der Waals surface area contributed by atoms with Gasteiger partial charge in [-0.3, -0.25) is 0 Å². The number of anilines is 3. The summed E-state index contributed by atoms with van der Waals surface area (Å²) >= 11 is 1.64. The van der Waals surface area contributed by atoms with Gasteiger partial charge in [0.25, 0.3) is 0 Å². The van der Waals surface area contributed by atoms with E-state index in [1.807, 2.05) is 0 Å². The molecule has 0 saturated carbocycles. The molecule has 6 heteroatoms. The molecule has 130 valence electrons. The Morgan fingerprint density at radius 1 is 1.12 bits per heavy atom. The average molecular weight is 353 g/mol. The molecule has 1 saturated heterocycles. The second-order valence-electron chi connectivity index (χ2n) is 6.41. The van der Waals surface area contributed by atoms with E-state index in [0.29, 0.717) is 0 Å². The second-order valence-corrected chi connectivity index (χ2v) is 7.30.